The lowest BCUT2D eigenvalue weighted by Crippen LogP contribution is -1.96. The minimum Gasteiger partial charge on any atom is -0.309 e. The third-order valence-electron chi connectivity index (χ3n) is 9.63. The van der Waals surface area contributed by atoms with Crippen LogP contribution in [0.15, 0.2) is 164 Å². The van der Waals surface area contributed by atoms with Crippen LogP contribution in [0.1, 0.15) is 11.1 Å². The first-order valence-electron chi connectivity index (χ1n) is 16.3. The summed E-state index contributed by atoms with van der Waals surface area (Å²) in [6.07, 6.45) is 0. The van der Waals surface area contributed by atoms with E-state index in [4.69, 9.17) is 0 Å². The lowest BCUT2D eigenvalue weighted by atomic mass is 9.83. The molecule has 0 spiro atoms. The number of nitrogens with zero attached hydrogens (tertiary/aromatic N) is 3. The van der Waals surface area contributed by atoms with E-state index < -0.39 is 0 Å². The van der Waals surface area contributed by atoms with Gasteiger partial charge in [-0.1, -0.05) is 115 Å². The number of para-hydroxylation sites is 1. The highest BCUT2D eigenvalue weighted by Crippen LogP contribution is 2.46. The molecule has 0 unspecified atom stereocenters. The highest BCUT2D eigenvalue weighted by atomic mass is 15.0. The van der Waals surface area contributed by atoms with Gasteiger partial charge in [0.15, 0.2) is 0 Å². The first kappa shape index (κ1) is 28.3. The lowest BCUT2D eigenvalue weighted by Gasteiger charge is -2.20. The predicted octanol–water partition coefficient (Wildman–Crippen LogP) is 11.8. The van der Waals surface area contributed by atoms with E-state index in [0.29, 0.717) is 11.1 Å². The van der Waals surface area contributed by atoms with E-state index in [-0.39, 0.29) is 0 Å². The fraction of sp³-hybridized carbons (Fsp3) is 0. The molecule has 226 valence electrons. The van der Waals surface area contributed by atoms with Crippen molar-refractivity contribution in [2.24, 2.45) is 0 Å². The number of nitriles is 2. The topological polar surface area (TPSA) is 52.5 Å². The molecule has 8 aromatic carbocycles. The largest absolute Gasteiger partial charge is 0.309 e. The van der Waals surface area contributed by atoms with Gasteiger partial charge >= 0.3 is 0 Å². The number of aromatic nitrogens is 1. The maximum absolute atomic E-state index is 10.1. The normalized spacial score (nSPS) is 11.2. The van der Waals surface area contributed by atoms with Gasteiger partial charge in [-0.15, -0.1) is 0 Å². The smallest absolute Gasteiger partial charge is 0.0991 e. The molecule has 0 saturated carbocycles. The Labute approximate surface area is 283 Å². The summed E-state index contributed by atoms with van der Waals surface area (Å²) in [5, 5.41) is 26.6. The van der Waals surface area contributed by atoms with Gasteiger partial charge in [-0.25, -0.2) is 0 Å². The van der Waals surface area contributed by atoms with Crippen LogP contribution in [0.25, 0.3) is 82.4 Å². The second-order valence-electron chi connectivity index (χ2n) is 12.3. The summed E-state index contributed by atoms with van der Waals surface area (Å²) in [5.74, 6) is 0. The summed E-state index contributed by atoms with van der Waals surface area (Å²) in [6.45, 7) is 0. The Balaban J connectivity index is 1.33. The van der Waals surface area contributed by atoms with Crippen LogP contribution >= 0.6 is 0 Å². The van der Waals surface area contributed by atoms with Gasteiger partial charge in [0.2, 0.25) is 0 Å². The molecule has 0 bridgehead atoms. The summed E-state index contributed by atoms with van der Waals surface area (Å²) in [7, 11) is 0. The average Bonchev–Trinajstić information content (AvgIpc) is 3.50. The molecule has 0 amide bonds. The van der Waals surface area contributed by atoms with E-state index in [1.54, 1.807) is 0 Å². The molecule has 1 heterocycles. The van der Waals surface area contributed by atoms with Gasteiger partial charge in [-0.05, 0) is 103 Å². The number of rotatable bonds is 4. The predicted molar refractivity (Wildman–Crippen MR) is 202 cm³/mol. The quantitative estimate of drug-likeness (QED) is 0.184. The number of hydrogen-bond donors (Lipinski definition) is 0. The average molecular weight is 622 g/mol. The molecule has 3 heteroatoms. The summed E-state index contributed by atoms with van der Waals surface area (Å²) in [4.78, 5) is 0. The maximum Gasteiger partial charge on any atom is 0.0991 e. The third kappa shape index (κ3) is 4.49. The maximum atomic E-state index is 10.1. The molecule has 9 rings (SSSR count). The molecule has 1 aromatic heterocycles. The summed E-state index contributed by atoms with van der Waals surface area (Å²) >= 11 is 0. The summed E-state index contributed by atoms with van der Waals surface area (Å²) in [5.41, 5.74) is 11.0. The zero-order chi connectivity index (χ0) is 32.9. The third-order valence-corrected chi connectivity index (χ3v) is 9.63. The Morgan fingerprint density at radius 3 is 1.61 bits per heavy atom. The highest BCUT2D eigenvalue weighted by Gasteiger charge is 2.20. The number of benzene rings is 8. The van der Waals surface area contributed by atoms with Crippen molar-refractivity contribution < 1.29 is 0 Å². The monoisotopic (exact) mass is 621 g/mol. The van der Waals surface area contributed by atoms with Gasteiger partial charge in [0.05, 0.1) is 34.3 Å². The van der Waals surface area contributed by atoms with Crippen LogP contribution < -0.4 is 0 Å². The Bertz CT molecular complexity index is 2790. The molecule has 0 aliphatic rings. The lowest BCUT2D eigenvalue weighted by molar-refractivity contribution is 1.18. The van der Waals surface area contributed by atoms with E-state index in [2.05, 4.69) is 144 Å². The first-order chi connectivity index (χ1) is 24.2. The molecular formula is C46H27N3. The molecule has 3 nitrogen and oxygen atoms in total. The second kappa shape index (κ2) is 11.4. The van der Waals surface area contributed by atoms with Crippen LogP contribution in [0.2, 0.25) is 0 Å². The van der Waals surface area contributed by atoms with Crippen LogP contribution in [0.5, 0.6) is 0 Å². The van der Waals surface area contributed by atoms with Crippen molar-refractivity contribution >= 4 is 43.4 Å². The van der Waals surface area contributed by atoms with Gasteiger partial charge in [0.1, 0.15) is 0 Å². The standard InChI is InChI=1S/C46H27N3/c47-28-30-21-23-40(46-38-18-6-4-16-36(38)45(32-11-2-1-3-12-32)37-17-5-7-19-39(37)46)41(25-30)33-13-10-14-34(27-33)49-43-20-9-8-15-35(43)42-26-31(29-48)22-24-44(42)49/h1-27H. The highest BCUT2D eigenvalue weighted by molar-refractivity contribution is 6.22. The van der Waals surface area contributed by atoms with Gasteiger partial charge in [0, 0.05) is 16.5 Å². The van der Waals surface area contributed by atoms with E-state index in [1.807, 2.05) is 36.4 Å². The summed E-state index contributed by atoms with van der Waals surface area (Å²) < 4.78 is 2.27. The van der Waals surface area contributed by atoms with E-state index in [9.17, 15) is 10.5 Å². The van der Waals surface area contributed by atoms with Crippen LogP contribution in [0.4, 0.5) is 0 Å². The van der Waals surface area contributed by atoms with Gasteiger partial charge in [-0.2, -0.15) is 10.5 Å². The van der Waals surface area contributed by atoms with Crippen molar-refractivity contribution in [3.05, 3.63) is 175 Å². The fourth-order valence-electron chi connectivity index (χ4n) is 7.54. The van der Waals surface area contributed by atoms with Crippen LogP contribution in [-0.4, -0.2) is 4.57 Å². The van der Waals surface area contributed by atoms with Crippen LogP contribution in [-0.2, 0) is 0 Å². The van der Waals surface area contributed by atoms with Crippen LogP contribution in [0, 0.1) is 22.7 Å². The summed E-state index contributed by atoms with van der Waals surface area (Å²) in [6, 6.07) is 61.5. The molecule has 0 radical (unpaired) electrons. The van der Waals surface area contributed by atoms with Crippen molar-refractivity contribution in [2.75, 3.05) is 0 Å². The number of hydrogen-bond acceptors (Lipinski definition) is 2. The zero-order valence-corrected chi connectivity index (χ0v) is 26.4. The van der Waals surface area contributed by atoms with Gasteiger partial charge < -0.3 is 4.57 Å². The van der Waals surface area contributed by atoms with E-state index in [1.165, 1.54) is 21.9 Å². The molecule has 0 aliphatic heterocycles. The molecule has 0 atom stereocenters. The molecule has 0 saturated heterocycles. The SMILES string of the molecule is N#Cc1ccc(-c2c3ccccc3c(-c3ccccc3)c3ccccc23)c(-c2cccc(-n3c4ccccc4c4cc(C#N)ccc43)c2)c1. The molecular weight excluding hydrogens is 595 g/mol. The van der Waals surface area contributed by atoms with E-state index in [0.717, 1.165) is 60.5 Å². The van der Waals surface area contributed by atoms with Crippen LogP contribution in [0.3, 0.4) is 0 Å². The number of fused-ring (bicyclic) bond motifs is 5. The van der Waals surface area contributed by atoms with Gasteiger partial charge in [-0.3, -0.25) is 0 Å². The van der Waals surface area contributed by atoms with Crippen molar-refractivity contribution in [2.45, 2.75) is 0 Å². The fourth-order valence-corrected chi connectivity index (χ4v) is 7.54. The Morgan fingerprint density at radius 2 is 0.918 bits per heavy atom. The van der Waals surface area contributed by atoms with Crippen molar-refractivity contribution in [3.8, 4) is 51.2 Å². The molecule has 0 fully saturated rings. The Morgan fingerprint density at radius 1 is 0.367 bits per heavy atom. The van der Waals surface area contributed by atoms with Crippen molar-refractivity contribution in [3.63, 3.8) is 0 Å². The molecule has 49 heavy (non-hydrogen) atoms. The Hall–Kier alpha value is -6.94. The minimum atomic E-state index is 0.611. The molecule has 9 aromatic rings. The minimum absolute atomic E-state index is 0.611. The van der Waals surface area contributed by atoms with Crippen molar-refractivity contribution in [1.82, 2.24) is 4.57 Å². The molecule has 0 aliphatic carbocycles. The van der Waals surface area contributed by atoms with Crippen molar-refractivity contribution in [1.29, 1.82) is 10.5 Å². The second-order valence-corrected chi connectivity index (χ2v) is 12.3. The first-order valence-corrected chi connectivity index (χ1v) is 16.3. The Kier molecular flexibility index (Phi) is 6.58. The molecule has 0 N–H and O–H groups in total. The zero-order valence-electron chi connectivity index (χ0n) is 26.4. The van der Waals surface area contributed by atoms with E-state index >= 15 is 0 Å². The van der Waals surface area contributed by atoms with Gasteiger partial charge in [0.25, 0.3) is 0 Å².